The minimum atomic E-state index is 0. The standard InChI is InChI=1S/C36H24BN5.Pt/c1-2-8-26(9-3-1)40-20-21-41(25-40)28-15-17-32-30-11-5-7-13-34(30)37-33-12-6-4-10-29(33)31-16-14-27(39-19-18-38-24-39)22-35(31)42(37)36(32)23-28;/h1-21,24-25,38H;/q-4;+4. The SMILES string of the molecule is [Pt+4].[c-]1c(N2C=CN[CH-]2)ccc2c1N1B(c3ccccc3-2)c2ccccc2-c2ccc(N3C=CN(c4ccccc4)[CH-]3)[c-]c21. The number of nitrogens with zero attached hydrogens (tertiary/aromatic N) is 4. The zero-order valence-corrected chi connectivity index (χ0v) is 25.2. The molecule has 0 amide bonds. The summed E-state index contributed by atoms with van der Waals surface area (Å²) in [5.41, 5.74) is 12.6. The van der Waals surface area contributed by atoms with Crippen molar-refractivity contribution >= 4 is 46.2 Å². The number of benzene rings is 5. The van der Waals surface area contributed by atoms with Gasteiger partial charge in [0.25, 0.3) is 0 Å². The largest absolute Gasteiger partial charge is 4.00 e. The molecule has 1 N–H and O–H groups in total. The summed E-state index contributed by atoms with van der Waals surface area (Å²) >= 11 is 0. The van der Waals surface area contributed by atoms with Crippen LogP contribution in [-0.4, -0.2) is 6.85 Å². The van der Waals surface area contributed by atoms with Crippen LogP contribution in [0, 0.1) is 25.5 Å². The molecule has 5 nitrogen and oxygen atoms in total. The summed E-state index contributed by atoms with van der Waals surface area (Å²) in [6.45, 7) is 4.06. The molecule has 5 aromatic rings. The number of hydrogen-bond donors (Lipinski definition) is 1. The van der Waals surface area contributed by atoms with Crippen molar-refractivity contribution in [3.05, 3.63) is 153 Å². The van der Waals surface area contributed by atoms with E-state index in [1.165, 1.54) is 33.2 Å². The summed E-state index contributed by atoms with van der Waals surface area (Å²) in [5.74, 6) is 0. The quantitative estimate of drug-likeness (QED) is 0.179. The average Bonchev–Trinajstić information content (AvgIpc) is 3.78. The second kappa shape index (κ2) is 10.3. The van der Waals surface area contributed by atoms with Crippen LogP contribution >= 0.6 is 0 Å². The summed E-state index contributed by atoms with van der Waals surface area (Å²) in [7, 11) is 0. The van der Waals surface area contributed by atoms with Crippen LogP contribution in [0.25, 0.3) is 22.3 Å². The van der Waals surface area contributed by atoms with E-state index in [0.29, 0.717) is 0 Å². The minimum absolute atomic E-state index is 0. The molecular weight excluding hydrogens is 708 g/mol. The van der Waals surface area contributed by atoms with E-state index in [-0.39, 0.29) is 27.9 Å². The first-order valence-electron chi connectivity index (χ1n) is 14.1. The van der Waals surface area contributed by atoms with Crippen molar-refractivity contribution in [2.45, 2.75) is 0 Å². The van der Waals surface area contributed by atoms with Crippen molar-refractivity contribution in [2.75, 3.05) is 19.5 Å². The molecule has 9 rings (SSSR count). The summed E-state index contributed by atoms with van der Waals surface area (Å²) in [6.07, 6.45) is 8.12. The van der Waals surface area contributed by atoms with Crippen molar-refractivity contribution in [1.29, 1.82) is 0 Å². The molecule has 4 aliphatic rings. The van der Waals surface area contributed by atoms with Gasteiger partial charge in [0.05, 0.1) is 0 Å². The first kappa shape index (κ1) is 26.0. The van der Waals surface area contributed by atoms with Gasteiger partial charge in [0.1, 0.15) is 0 Å². The summed E-state index contributed by atoms with van der Waals surface area (Å²) in [6, 6.07) is 44.4. The van der Waals surface area contributed by atoms with Crippen LogP contribution in [-0.2, 0) is 21.1 Å². The molecule has 43 heavy (non-hydrogen) atoms. The molecule has 0 aromatic heterocycles. The van der Waals surface area contributed by atoms with Crippen LogP contribution in [0.2, 0.25) is 0 Å². The molecular formula is C36H24BN5Pt. The Labute approximate surface area is 266 Å². The first-order valence-corrected chi connectivity index (χ1v) is 14.1. The maximum absolute atomic E-state index is 3.85. The van der Waals surface area contributed by atoms with Gasteiger partial charge in [0, 0.05) is 5.69 Å². The fourth-order valence-electron chi connectivity index (χ4n) is 6.53. The van der Waals surface area contributed by atoms with Crippen LogP contribution in [0.15, 0.2) is 128 Å². The molecule has 4 heterocycles. The monoisotopic (exact) mass is 732 g/mol. The predicted molar refractivity (Wildman–Crippen MR) is 172 cm³/mol. The maximum Gasteiger partial charge on any atom is 4.00 e. The molecule has 0 atom stereocenters. The van der Waals surface area contributed by atoms with Gasteiger partial charge in [-0.2, -0.15) is 18.8 Å². The molecule has 0 saturated heterocycles. The van der Waals surface area contributed by atoms with Gasteiger partial charge in [-0.15, -0.1) is 53.4 Å². The van der Waals surface area contributed by atoms with Gasteiger partial charge in [0.15, 0.2) is 0 Å². The molecule has 0 aliphatic carbocycles. The van der Waals surface area contributed by atoms with Gasteiger partial charge in [0.2, 0.25) is 0 Å². The van der Waals surface area contributed by atoms with E-state index in [4.69, 9.17) is 0 Å². The van der Waals surface area contributed by atoms with Crippen LogP contribution in [0.5, 0.6) is 0 Å². The van der Waals surface area contributed by atoms with Crippen molar-refractivity contribution in [3.63, 3.8) is 0 Å². The molecule has 0 radical (unpaired) electrons. The van der Waals surface area contributed by atoms with Crippen LogP contribution in [0.3, 0.4) is 0 Å². The maximum atomic E-state index is 3.85. The number of nitrogens with one attached hydrogen (secondary N) is 1. The second-order valence-corrected chi connectivity index (χ2v) is 10.7. The van der Waals surface area contributed by atoms with Gasteiger partial charge in [-0.3, -0.25) is 0 Å². The molecule has 7 heteroatoms. The van der Waals surface area contributed by atoms with E-state index in [0.717, 1.165) is 28.4 Å². The molecule has 4 aliphatic heterocycles. The van der Waals surface area contributed by atoms with Crippen molar-refractivity contribution in [2.24, 2.45) is 0 Å². The van der Waals surface area contributed by atoms with Gasteiger partial charge in [-0.05, 0) is 36.9 Å². The number of rotatable bonds is 3. The minimum Gasteiger partial charge on any atom is -0.521 e. The summed E-state index contributed by atoms with van der Waals surface area (Å²) in [5, 5.41) is 3.17. The third kappa shape index (κ3) is 4.05. The van der Waals surface area contributed by atoms with Gasteiger partial charge < -0.3 is 24.8 Å². The fourth-order valence-corrected chi connectivity index (χ4v) is 6.53. The third-order valence-electron chi connectivity index (χ3n) is 8.44. The predicted octanol–water partition coefficient (Wildman–Crippen LogP) is 6.11. The Morgan fingerprint density at radius 1 is 0.558 bits per heavy atom. The first-order chi connectivity index (χ1) is 20.8. The van der Waals surface area contributed by atoms with Gasteiger partial charge >= 0.3 is 27.9 Å². The van der Waals surface area contributed by atoms with E-state index in [1.54, 1.807) is 0 Å². The normalized spacial score (nSPS) is 15.3. The number of hydrogen-bond acceptors (Lipinski definition) is 5. The molecule has 0 bridgehead atoms. The van der Waals surface area contributed by atoms with Crippen LogP contribution in [0.1, 0.15) is 0 Å². The van der Waals surface area contributed by atoms with E-state index in [2.05, 4.69) is 153 Å². The Hall–Kier alpha value is -4.67. The zero-order valence-electron chi connectivity index (χ0n) is 23.0. The molecule has 0 saturated carbocycles. The van der Waals surface area contributed by atoms with E-state index in [9.17, 15) is 0 Å². The van der Waals surface area contributed by atoms with E-state index < -0.39 is 0 Å². The van der Waals surface area contributed by atoms with Crippen molar-refractivity contribution in [1.82, 2.24) is 5.32 Å². The summed E-state index contributed by atoms with van der Waals surface area (Å²) in [4.78, 5) is 8.78. The Morgan fingerprint density at radius 2 is 1.14 bits per heavy atom. The van der Waals surface area contributed by atoms with Crippen molar-refractivity contribution < 1.29 is 21.1 Å². The Kier molecular flexibility index (Phi) is 6.20. The van der Waals surface area contributed by atoms with Crippen molar-refractivity contribution in [3.8, 4) is 22.3 Å². The topological polar surface area (TPSA) is 25.0 Å². The molecule has 0 spiro atoms. The van der Waals surface area contributed by atoms with E-state index in [1.807, 2.05) is 25.1 Å². The number of anilines is 5. The fraction of sp³-hybridized carbons (Fsp3) is 0. The van der Waals surface area contributed by atoms with Crippen LogP contribution in [0.4, 0.5) is 28.4 Å². The van der Waals surface area contributed by atoms with Gasteiger partial charge in [-0.25, -0.2) is 0 Å². The summed E-state index contributed by atoms with van der Waals surface area (Å²) < 4.78 is 0. The number of fused-ring (bicyclic) bond motifs is 11. The average molecular weight is 733 g/mol. The molecule has 0 fully saturated rings. The number of para-hydroxylation sites is 1. The molecule has 5 aromatic carbocycles. The van der Waals surface area contributed by atoms with Gasteiger partial charge in [-0.1, -0.05) is 100 Å². The second-order valence-electron chi connectivity index (χ2n) is 10.7. The zero-order chi connectivity index (χ0) is 27.6. The molecule has 0 unspecified atom stereocenters. The van der Waals surface area contributed by atoms with E-state index >= 15 is 0 Å². The Morgan fingerprint density at radius 3 is 1.77 bits per heavy atom. The smallest absolute Gasteiger partial charge is 0.521 e. The van der Waals surface area contributed by atoms with Crippen LogP contribution < -0.4 is 35.8 Å². The Bertz CT molecular complexity index is 1920. The Balaban J connectivity index is 0.00000278. The molecule has 206 valence electrons. The third-order valence-corrected chi connectivity index (χ3v) is 8.44.